The Kier molecular flexibility index (Phi) is 5.85. The number of rotatable bonds is 6. The average Bonchev–Trinajstić information content (AvgIpc) is 2.37. The summed E-state index contributed by atoms with van der Waals surface area (Å²) in [4.78, 5) is 22.9. The summed E-state index contributed by atoms with van der Waals surface area (Å²) in [7, 11) is 0. The van der Waals surface area contributed by atoms with Gasteiger partial charge in [0.1, 0.15) is 17.7 Å². The number of hydrogen-bond donors (Lipinski definition) is 2. The molecule has 1 rings (SSSR count). The Morgan fingerprint density at radius 2 is 2.10 bits per heavy atom. The molecule has 0 saturated carbocycles. The van der Waals surface area contributed by atoms with Gasteiger partial charge in [-0.15, -0.1) is 12.3 Å². The summed E-state index contributed by atoms with van der Waals surface area (Å²) in [6.07, 6.45) is 4.99. The lowest BCUT2D eigenvalue weighted by Gasteiger charge is -2.16. The molecule has 3 N–H and O–H groups in total. The summed E-state index contributed by atoms with van der Waals surface area (Å²) >= 11 is 0. The molecule has 0 aliphatic carbocycles. The minimum atomic E-state index is -0.951. The van der Waals surface area contributed by atoms with Gasteiger partial charge in [0, 0.05) is 18.9 Å². The summed E-state index contributed by atoms with van der Waals surface area (Å²) in [6.45, 7) is 1.62. The van der Waals surface area contributed by atoms with Crippen LogP contribution in [0.2, 0.25) is 0 Å². The van der Waals surface area contributed by atoms with E-state index in [0.717, 1.165) is 12.1 Å². The molecule has 0 aliphatic rings. The van der Waals surface area contributed by atoms with Crippen LogP contribution in [0.4, 0.5) is 8.78 Å². The Morgan fingerprint density at radius 1 is 1.43 bits per heavy atom. The van der Waals surface area contributed by atoms with E-state index in [1.54, 1.807) is 6.92 Å². The third-order valence-electron chi connectivity index (χ3n) is 2.99. The molecule has 2 amide bonds. The van der Waals surface area contributed by atoms with E-state index in [1.807, 2.05) is 0 Å². The number of hydrogen-bond acceptors (Lipinski definition) is 2. The van der Waals surface area contributed by atoms with Gasteiger partial charge in [-0.25, -0.2) is 8.78 Å². The topological polar surface area (TPSA) is 72.2 Å². The van der Waals surface area contributed by atoms with Crippen LogP contribution in [0.3, 0.4) is 0 Å². The van der Waals surface area contributed by atoms with Gasteiger partial charge in [-0.05, 0) is 17.5 Å². The summed E-state index contributed by atoms with van der Waals surface area (Å²) in [5, 5.41) is 2.40. The first kappa shape index (κ1) is 16.6. The van der Waals surface area contributed by atoms with E-state index in [1.165, 1.54) is 6.07 Å². The molecule has 2 atom stereocenters. The molecule has 1 aromatic carbocycles. The standard InChI is InChI=1S/C15H16F2N2O2/c1-3-4-13(15(18)21)19-14(20)7-9(2)11-6-5-10(16)8-12(11)17/h1,5-6,8-9,13H,4,7H2,2H3,(H2,18,21)(H,19,20)/t9-,13-/m1/s1. The van der Waals surface area contributed by atoms with Crippen molar-refractivity contribution >= 4 is 11.8 Å². The largest absolute Gasteiger partial charge is 0.368 e. The van der Waals surface area contributed by atoms with Crippen molar-refractivity contribution in [1.29, 1.82) is 0 Å². The minimum absolute atomic E-state index is 0.0135. The molecule has 0 radical (unpaired) electrons. The van der Waals surface area contributed by atoms with Gasteiger partial charge in [0.05, 0.1) is 0 Å². The summed E-state index contributed by atoms with van der Waals surface area (Å²) in [5.41, 5.74) is 5.32. The summed E-state index contributed by atoms with van der Waals surface area (Å²) in [5.74, 6) is -0.861. The second-order valence-electron chi connectivity index (χ2n) is 4.70. The van der Waals surface area contributed by atoms with Gasteiger partial charge < -0.3 is 11.1 Å². The molecule has 0 saturated heterocycles. The molecule has 4 nitrogen and oxygen atoms in total. The van der Waals surface area contributed by atoms with Crippen molar-refractivity contribution in [1.82, 2.24) is 5.32 Å². The molecule has 0 aliphatic heterocycles. The number of benzene rings is 1. The lowest BCUT2D eigenvalue weighted by molar-refractivity contribution is -0.127. The van der Waals surface area contributed by atoms with Crippen LogP contribution in [0.5, 0.6) is 0 Å². The Balaban J connectivity index is 2.69. The van der Waals surface area contributed by atoms with Crippen LogP contribution in [0.1, 0.15) is 31.2 Å². The first-order valence-electron chi connectivity index (χ1n) is 6.32. The van der Waals surface area contributed by atoms with Gasteiger partial charge in [0.2, 0.25) is 11.8 Å². The van der Waals surface area contributed by atoms with Gasteiger partial charge in [-0.2, -0.15) is 0 Å². The maximum atomic E-state index is 13.6. The van der Waals surface area contributed by atoms with Crippen molar-refractivity contribution in [2.75, 3.05) is 0 Å². The highest BCUT2D eigenvalue weighted by Crippen LogP contribution is 2.22. The smallest absolute Gasteiger partial charge is 0.240 e. The van der Waals surface area contributed by atoms with E-state index < -0.39 is 35.4 Å². The maximum Gasteiger partial charge on any atom is 0.240 e. The van der Waals surface area contributed by atoms with Crippen molar-refractivity contribution in [3.05, 3.63) is 35.4 Å². The molecule has 112 valence electrons. The van der Waals surface area contributed by atoms with Crippen LogP contribution in [-0.2, 0) is 9.59 Å². The number of terminal acetylenes is 1. The highest BCUT2D eigenvalue weighted by Gasteiger charge is 2.20. The molecule has 0 heterocycles. The third-order valence-corrected chi connectivity index (χ3v) is 2.99. The van der Waals surface area contributed by atoms with E-state index in [9.17, 15) is 18.4 Å². The van der Waals surface area contributed by atoms with Crippen LogP contribution < -0.4 is 11.1 Å². The van der Waals surface area contributed by atoms with Crippen LogP contribution in [0.25, 0.3) is 0 Å². The first-order chi connectivity index (χ1) is 9.85. The van der Waals surface area contributed by atoms with Crippen molar-refractivity contribution in [2.24, 2.45) is 5.73 Å². The fraction of sp³-hybridized carbons (Fsp3) is 0.333. The zero-order valence-corrected chi connectivity index (χ0v) is 11.5. The maximum absolute atomic E-state index is 13.6. The zero-order valence-electron chi connectivity index (χ0n) is 11.5. The lowest BCUT2D eigenvalue weighted by atomic mass is 9.96. The quantitative estimate of drug-likeness (QED) is 0.779. The Bertz CT molecular complexity index is 582. The van der Waals surface area contributed by atoms with Crippen molar-refractivity contribution in [3.8, 4) is 12.3 Å². The highest BCUT2D eigenvalue weighted by molar-refractivity contribution is 5.87. The second-order valence-corrected chi connectivity index (χ2v) is 4.70. The minimum Gasteiger partial charge on any atom is -0.368 e. The molecule has 0 unspecified atom stereocenters. The summed E-state index contributed by atoms with van der Waals surface area (Å²) in [6, 6.07) is 2.22. The number of carbonyl (C=O) groups excluding carboxylic acids is 2. The molecule has 0 fully saturated rings. The summed E-state index contributed by atoms with van der Waals surface area (Å²) < 4.78 is 26.4. The highest BCUT2D eigenvalue weighted by atomic mass is 19.1. The van der Waals surface area contributed by atoms with Gasteiger partial charge >= 0.3 is 0 Å². The third kappa shape index (κ3) is 4.88. The molecule has 0 spiro atoms. The molecule has 21 heavy (non-hydrogen) atoms. The molecular weight excluding hydrogens is 278 g/mol. The number of nitrogens with two attached hydrogens (primary N) is 1. The Hall–Kier alpha value is -2.42. The Morgan fingerprint density at radius 3 is 2.62 bits per heavy atom. The van der Waals surface area contributed by atoms with Crippen LogP contribution in [0, 0.1) is 24.0 Å². The van der Waals surface area contributed by atoms with Crippen molar-refractivity contribution < 1.29 is 18.4 Å². The normalized spacial score (nSPS) is 13.0. The van der Waals surface area contributed by atoms with Crippen LogP contribution in [-0.4, -0.2) is 17.9 Å². The van der Waals surface area contributed by atoms with Crippen molar-refractivity contribution in [2.45, 2.75) is 31.7 Å². The van der Waals surface area contributed by atoms with Crippen molar-refractivity contribution in [3.63, 3.8) is 0 Å². The molecule has 0 aromatic heterocycles. The monoisotopic (exact) mass is 294 g/mol. The predicted molar refractivity (Wildman–Crippen MR) is 74.0 cm³/mol. The van der Waals surface area contributed by atoms with E-state index in [2.05, 4.69) is 11.2 Å². The van der Waals surface area contributed by atoms with E-state index in [-0.39, 0.29) is 18.4 Å². The molecule has 0 bridgehead atoms. The fourth-order valence-corrected chi connectivity index (χ4v) is 1.88. The van der Waals surface area contributed by atoms with Gasteiger partial charge in [-0.3, -0.25) is 9.59 Å². The fourth-order valence-electron chi connectivity index (χ4n) is 1.88. The van der Waals surface area contributed by atoms with Gasteiger partial charge in [0.15, 0.2) is 0 Å². The van der Waals surface area contributed by atoms with Crippen LogP contribution >= 0.6 is 0 Å². The Labute approximate surface area is 121 Å². The second kappa shape index (κ2) is 7.39. The number of halogens is 2. The first-order valence-corrected chi connectivity index (χ1v) is 6.32. The van der Waals surface area contributed by atoms with E-state index in [4.69, 9.17) is 12.2 Å². The number of amides is 2. The molecule has 1 aromatic rings. The van der Waals surface area contributed by atoms with E-state index in [0.29, 0.717) is 0 Å². The van der Waals surface area contributed by atoms with Crippen LogP contribution in [0.15, 0.2) is 18.2 Å². The predicted octanol–water partition coefficient (Wildman–Crippen LogP) is 1.45. The average molecular weight is 294 g/mol. The zero-order chi connectivity index (χ0) is 16.0. The molecule has 6 heteroatoms. The SMILES string of the molecule is C#CC[C@@H](NC(=O)C[C@@H](C)c1ccc(F)cc1F)C(N)=O. The lowest BCUT2D eigenvalue weighted by Crippen LogP contribution is -2.44. The van der Waals surface area contributed by atoms with E-state index >= 15 is 0 Å². The number of carbonyl (C=O) groups is 2. The van der Waals surface area contributed by atoms with Gasteiger partial charge in [-0.1, -0.05) is 13.0 Å². The molecular formula is C15H16F2N2O2. The van der Waals surface area contributed by atoms with Gasteiger partial charge in [0.25, 0.3) is 0 Å². The number of primary amides is 1. The number of nitrogens with one attached hydrogen (secondary N) is 1.